The van der Waals surface area contributed by atoms with E-state index in [1.807, 2.05) is 0 Å². The number of aliphatic imine (C=N–C) groups is 1. The van der Waals surface area contributed by atoms with Crippen molar-refractivity contribution in [3.63, 3.8) is 0 Å². The van der Waals surface area contributed by atoms with Gasteiger partial charge in [-0.1, -0.05) is 27.7 Å². The topological polar surface area (TPSA) is 21.6 Å². The highest BCUT2D eigenvalue weighted by Crippen LogP contribution is 2.48. The Morgan fingerprint density at radius 3 is 1.84 bits per heavy atom. The lowest BCUT2D eigenvalue weighted by Gasteiger charge is -2.45. The highest BCUT2D eigenvalue weighted by molar-refractivity contribution is 5.79. The minimum absolute atomic E-state index is 0.214. The number of hydrogen-bond donors (Lipinski definition) is 0. The summed E-state index contributed by atoms with van der Waals surface area (Å²) in [6.07, 6.45) is 3.88. The second-order valence-electron chi connectivity index (χ2n) is 8.34. The number of nitrogens with zero attached hydrogens (tertiary/aromatic N) is 1. The van der Waals surface area contributed by atoms with Crippen LogP contribution in [-0.4, -0.2) is 18.0 Å². The van der Waals surface area contributed by atoms with Gasteiger partial charge in [-0.3, -0.25) is 4.99 Å². The van der Waals surface area contributed by atoms with E-state index in [2.05, 4.69) is 55.4 Å². The van der Waals surface area contributed by atoms with Gasteiger partial charge in [0.2, 0.25) is 0 Å². The third kappa shape index (κ3) is 5.54. The maximum Gasteiger partial charge on any atom is 0.186 e. The lowest BCUT2D eigenvalue weighted by atomic mass is 9.61. The Labute approximate surface area is 120 Å². The molecule has 1 fully saturated rings. The Balaban J connectivity index is 2.95. The van der Waals surface area contributed by atoms with Crippen molar-refractivity contribution in [2.24, 2.45) is 21.7 Å². The molecule has 0 amide bonds. The van der Waals surface area contributed by atoms with Crippen molar-refractivity contribution >= 4 is 5.90 Å². The first-order valence-electron chi connectivity index (χ1n) is 7.75. The summed E-state index contributed by atoms with van der Waals surface area (Å²) >= 11 is 0. The quantitative estimate of drug-likeness (QED) is 0.516. The minimum atomic E-state index is 0.214. The third-order valence-corrected chi connectivity index (χ3v) is 3.65. The Hall–Kier alpha value is -0.530. The summed E-state index contributed by atoms with van der Waals surface area (Å²) < 4.78 is 6.04. The average Bonchev–Trinajstić information content (AvgIpc) is 2.09. The molecule has 0 aromatic heterocycles. The normalized spacial score (nSPS) is 24.0. The predicted octanol–water partition coefficient (Wildman–Crippen LogP) is 5.07. The highest BCUT2D eigenvalue weighted by Gasteiger charge is 2.41. The van der Waals surface area contributed by atoms with E-state index in [4.69, 9.17) is 9.73 Å². The molecule has 1 rings (SSSR count). The largest absolute Gasteiger partial charge is 0.478 e. The van der Waals surface area contributed by atoms with Gasteiger partial charge in [0.05, 0.1) is 6.10 Å². The van der Waals surface area contributed by atoms with Crippen molar-refractivity contribution in [2.75, 3.05) is 0 Å². The van der Waals surface area contributed by atoms with Crippen LogP contribution in [0.5, 0.6) is 0 Å². The molecule has 19 heavy (non-hydrogen) atoms. The molecule has 0 aromatic rings. The van der Waals surface area contributed by atoms with Crippen molar-refractivity contribution in [2.45, 2.75) is 86.8 Å². The van der Waals surface area contributed by atoms with Gasteiger partial charge in [-0.2, -0.15) is 0 Å². The van der Waals surface area contributed by atoms with E-state index in [0.29, 0.717) is 22.8 Å². The summed E-state index contributed by atoms with van der Waals surface area (Å²) in [5.41, 5.74) is 0.759. The maximum atomic E-state index is 6.04. The number of ether oxygens (including phenoxy) is 1. The first-order valence-corrected chi connectivity index (χ1v) is 7.75. The smallest absolute Gasteiger partial charge is 0.186 e. The van der Waals surface area contributed by atoms with Gasteiger partial charge < -0.3 is 4.74 Å². The van der Waals surface area contributed by atoms with Crippen molar-refractivity contribution in [3.8, 4) is 0 Å². The summed E-state index contributed by atoms with van der Waals surface area (Å²) in [6.45, 7) is 18.0. The first kappa shape index (κ1) is 16.5. The van der Waals surface area contributed by atoms with Gasteiger partial charge in [0.25, 0.3) is 0 Å². The molecule has 0 bridgehead atoms. The zero-order valence-corrected chi connectivity index (χ0v) is 14.2. The molecule has 112 valence electrons. The first-order chi connectivity index (χ1) is 8.51. The molecule has 0 aliphatic heterocycles. The van der Waals surface area contributed by atoms with Crippen molar-refractivity contribution in [1.29, 1.82) is 0 Å². The zero-order chi connectivity index (χ0) is 14.8. The fraction of sp³-hybridized carbons (Fsp3) is 0.941. The lowest BCUT2D eigenvalue weighted by Crippen LogP contribution is -2.38. The van der Waals surface area contributed by atoms with Gasteiger partial charge in [0.15, 0.2) is 5.90 Å². The molecule has 0 spiro atoms. The highest BCUT2D eigenvalue weighted by atomic mass is 16.5. The van der Waals surface area contributed by atoms with Gasteiger partial charge in [-0.25, -0.2) is 0 Å². The molecule has 0 atom stereocenters. The summed E-state index contributed by atoms with van der Waals surface area (Å²) in [5.74, 6) is 1.47. The summed E-state index contributed by atoms with van der Waals surface area (Å²) in [6, 6.07) is 0.307. The summed E-state index contributed by atoms with van der Waals surface area (Å²) in [7, 11) is 0. The SMILES string of the molecule is CC(C)N=C(OC(C)C)C1CC(C)(C)CC(C)(C)C1. The molecule has 0 aromatic carbocycles. The molecule has 1 aliphatic carbocycles. The second-order valence-corrected chi connectivity index (χ2v) is 8.34. The van der Waals surface area contributed by atoms with E-state index in [1.165, 1.54) is 19.3 Å². The van der Waals surface area contributed by atoms with Crippen LogP contribution in [0.2, 0.25) is 0 Å². The van der Waals surface area contributed by atoms with Crippen LogP contribution in [0.15, 0.2) is 4.99 Å². The van der Waals surface area contributed by atoms with E-state index in [-0.39, 0.29) is 6.10 Å². The Morgan fingerprint density at radius 2 is 1.47 bits per heavy atom. The fourth-order valence-electron chi connectivity index (χ4n) is 3.75. The zero-order valence-electron chi connectivity index (χ0n) is 14.2. The van der Waals surface area contributed by atoms with Crippen LogP contribution < -0.4 is 0 Å². The second kappa shape index (κ2) is 5.85. The van der Waals surface area contributed by atoms with Crippen LogP contribution in [0.3, 0.4) is 0 Å². The van der Waals surface area contributed by atoms with Gasteiger partial charge in [-0.15, -0.1) is 0 Å². The Kier molecular flexibility index (Phi) is 5.08. The summed E-state index contributed by atoms with van der Waals surface area (Å²) in [4.78, 5) is 4.77. The average molecular weight is 267 g/mol. The van der Waals surface area contributed by atoms with E-state index in [9.17, 15) is 0 Å². The molecule has 1 saturated carbocycles. The number of rotatable bonds is 3. The molecule has 2 heteroatoms. The van der Waals surface area contributed by atoms with Crippen LogP contribution in [0.4, 0.5) is 0 Å². The minimum Gasteiger partial charge on any atom is -0.478 e. The van der Waals surface area contributed by atoms with E-state index < -0.39 is 0 Å². The third-order valence-electron chi connectivity index (χ3n) is 3.65. The molecule has 0 unspecified atom stereocenters. The molecule has 2 nitrogen and oxygen atoms in total. The van der Waals surface area contributed by atoms with Crippen LogP contribution in [0.1, 0.15) is 74.7 Å². The number of hydrogen-bond acceptors (Lipinski definition) is 2. The van der Waals surface area contributed by atoms with Gasteiger partial charge in [-0.05, 0) is 57.8 Å². The molecular weight excluding hydrogens is 234 g/mol. The van der Waals surface area contributed by atoms with Crippen LogP contribution in [0, 0.1) is 16.7 Å². The predicted molar refractivity (Wildman–Crippen MR) is 83.7 cm³/mol. The van der Waals surface area contributed by atoms with E-state index in [1.54, 1.807) is 0 Å². The van der Waals surface area contributed by atoms with Crippen molar-refractivity contribution in [1.82, 2.24) is 0 Å². The Morgan fingerprint density at radius 1 is 1.00 bits per heavy atom. The molecule has 0 N–H and O–H groups in total. The lowest BCUT2D eigenvalue weighted by molar-refractivity contribution is 0.0763. The van der Waals surface area contributed by atoms with E-state index in [0.717, 1.165) is 5.90 Å². The maximum absolute atomic E-state index is 6.04. The molecule has 0 heterocycles. The molecule has 0 saturated heterocycles. The summed E-state index contributed by atoms with van der Waals surface area (Å²) in [5, 5.41) is 0. The van der Waals surface area contributed by atoms with Crippen LogP contribution >= 0.6 is 0 Å². The van der Waals surface area contributed by atoms with E-state index >= 15 is 0 Å². The molecular formula is C17H33NO. The van der Waals surface area contributed by atoms with Crippen LogP contribution in [-0.2, 0) is 4.74 Å². The standard InChI is InChI=1S/C17H33NO/c1-12(2)18-15(19-13(3)4)14-9-16(5,6)11-17(7,8)10-14/h12-14H,9-11H2,1-8H3. The van der Waals surface area contributed by atoms with Crippen molar-refractivity contribution < 1.29 is 4.74 Å². The Bertz CT molecular complexity index is 310. The van der Waals surface area contributed by atoms with Gasteiger partial charge >= 0.3 is 0 Å². The van der Waals surface area contributed by atoms with Gasteiger partial charge in [0.1, 0.15) is 0 Å². The fourth-order valence-corrected chi connectivity index (χ4v) is 3.75. The monoisotopic (exact) mass is 267 g/mol. The van der Waals surface area contributed by atoms with Crippen molar-refractivity contribution in [3.05, 3.63) is 0 Å². The molecule has 0 radical (unpaired) electrons. The van der Waals surface area contributed by atoms with Crippen LogP contribution in [0.25, 0.3) is 0 Å². The van der Waals surface area contributed by atoms with Gasteiger partial charge in [0, 0.05) is 12.0 Å². The molecule has 1 aliphatic rings.